The first-order valence-electron chi connectivity index (χ1n) is 9.67. The minimum atomic E-state index is -0.227. The summed E-state index contributed by atoms with van der Waals surface area (Å²) in [7, 11) is 0. The lowest BCUT2D eigenvalue weighted by atomic mass is 9.98. The molecule has 1 amide bonds. The van der Waals surface area contributed by atoms with E-state index in [2.05, 4.69) is 16.3 Å². The minimum Gasteiger partial charge on any atom is -0.370 e. The molecule has 1 saturated heterocycles. The molecule has 2 aromatic rings. The van der Waals surface area contributed by atoms with Crippen molar-refractivity contribution in [1.82, 2.24) is 0 Å². The van der Waals surface area contributed by atoms with Crippen LogP contribution in [0.2, 0.25) is 0 Å². The van der Waals surface area contributed by atoms with Crippen molar-refractivity contribution in [2.45, 2.75) is 32.1 Å². The molecule has 3 N–H and O–H groups in total. The summed E-state index contributed by atoms with van der Waals surface area (Å²) in [5.41, 5.74) is 9.06. The lowest BCUT2D eigenvalue weighted by Crippen LogP contribution is -2.32. The van der Waals surface area contributed by atoms with Crippen molar-refractivity contribution < 1.29 is 4.79 Å². The van der Waals surface area contributed by atoms with E-state index in [1.165, 1.54) is 25.7 Å². The third-order valence-corrected chi connectivity index (χ3v) is 5.09. The third-order valence-electron chi connectivity index (χ3n) is 5.09. The van der Waals surface area contributed by atoms with E-state index in [0.29, 0.717) is 13.0 Å². The quantitative estimate of drug-likeness (QED) is 0.832. The number of anilines is 2. The van der Waals surface area contributed by atoms with Gasteiger partial charge in [-0.05, 0) is 37.0 Å². The van der Waals surface area contributed by atoms with Crippen molar-refractivity contribution in [2.24, 2.45) is 11.7 Å². The Morgan fingerprint density at radius 2 is 1.62 bits per heavy atom. The standard InChI is InChI=1S/C22H29N3O/c23-17-19(16-18-10-4-3-5-11-18)22(26)24-20-12-6-7-13-21(20)25-14-8-1-2-9-15-25/h3-7,10-13,19H,1-2,8-9,14-17,23H2,(H,24,26). The summed E-state index contributed by atoms with van der Waals surface area (Å²) in [4.78, 5) is 15.2. The Kier molecular flexibility index (Phi) is 6.67. The zero-order valence-corrected chi connectivity index (χ0v) is 15.4. The predicted octanol–water partition coefficient (Wildman–Crippen LogP) is 3.82. The van der Waals surface area contributed by atoms with Crippen LogP contribution in [0.1, 0.15) is 31.2 Å². The van der Waals surface area contributed by atoms with Crippen LogP contribution in [0.5, 0.6) is 0 Å². The van der Waals surface area contributed by atoms with Crippen LogP contribution in [0.15, 0.2) is 54.6 Å². The maximum absolute atomic E-state index is 12.8. The van der Waals surface area contributed by atoms with Gasteiger partial charge in [0, 0.05) is 19.6 Å². The largest absolute Gasteiger partial charge is 0.370 e. The van der Waals surface area contributed by atoms with Gasteiger partial charge in [-0.2, -0.15) is 0 Å². The number of benzene rings is 2. The van der Waals surface area contributed by atoms with Crippen LogP contribution >= 0.6 is 0 Å². The molecule has 1 heterocycles. The average molecular weight is 351 g/mol. The van der Waals surface area contributed by atoms with Crippen LogP contribution in [-0.4, -0.2) is 25.5 Å². The highest BCUT2D eigenvalue weighted by Crippen LogP contribution is 2.28. The van der Waals surface area contributed by atoms with Gasteiger partial charge in [0.15, 0.2) is 0 Å². The second-order valence-corrected chi connectivity index (χ2v) is 7.03. The number of amides is 1. The lowest BCUT2D eigenvalue weighted by molar-refractivity contribution is -0.119. The fourth-order valence-corrected chi connectivity index (χ4v) is 3.58. The Morgan fingerprint density at radius 1 is 0.962 bits per heavy atom. The van der Waals surface area contributed by atoms with Crippen LogP contribution in [-0.2, 0) is 11.2 Å². The van der Waals surface area contributed by atoms with Gasteiger partial charge in [0.1, 0.15) is 0 Å². The molecule has 1 unspecified atom stereocenters. The Hall–Kier alpha value is -2.33. The van der Waals surface area contributed by atoms with Gasteiger partial charge in [-0.15, -0.1) is 0 Å². The number of hydrogen-bond donors (Lipinski definition) is 2. The minimum absolute atomic E-state index is 0.00127. The molecule has 1 atom stereocenters. The van der Waals surface area contributed by atoms with Crippen molar-refractivity contribution in [2.75, 3.05) is 29.9 Å². The SMILES string of the molecule is NCC(Cc1ccccc1)C(=O)Nc1ccccc1N1CCCCCC1. The zero-order valence-electron chi connectivity index (χ0n) is 15.4. The number of para-hydroxylation sites is 2. The molecule has 0 bridgehead atoms. The summed E-state index contributed by atoms with van der Waals surface area (Å²) < 4.78 is 0. The topological polar surface area (TPSA) is 58.4 Å². The number of nitrogens with zero attached hydrogens (tertiary/aromatic N) is 1. The summed E-state index contributed by atoms with van der Waals surface area (Å²) >= 11 is 0. The highest BCUT2D eigenvalue weighted by Gasteiger charge is 2.20. The summed E-state index contributed by atoms with van der Waals surface area (Å²) in [6, 6.07) is 18.2. The van der Waals surface area contributed by atoms with Crippen LogP contribution in [0.4, 0.5) is 11.4 Å². The smallest absolute Gasteiger partial charge is 0.229 e. The molecule has 0 aliphatic carbocycles. The second-order valence-electron chi connectivity index (χ2n) is 7.03. The van der Waals surface area contributed by atoms with E-state index in [4.69, 9.17) is 5.73 Å². The number of rotatable bonds is 6. The van der Waals surface area contributed by atoms with E-state index in [0.717, 1.165) is 30.0 Å². The van der Waals surface area contributed by atoms with E-state index in [1.807, 2.05) is 48.5 Å². The molecule has 26 heavy (non-hydrogen) atoms. The van der Waals surface area contributed by atoms with Gasteiger partial charge in [-0.25, -0.2) is 0 Å². The van der Waals surface area contributed by atoms with Gasteiger partial charge in [-0.3, -0.25) is 4.79 Å². The van der Waals surface area contributed by atoms with Gasteiger partial charge in [0.25, 0.3) is 0 Å². The molecule has 4 heteroatoms. The van der Waals surface area contributed by atoms with Crippen LogP contribution < -0.4 is 16.0 Å². The number of nitrogens with two attached hydrogens (primary N) is 1. The van der Waals surface area contributed by atoms with Gasteiger partial charge in [0.05, 0.1) is 17.3 Å². The molecule has 0 saturated carbocycles. The van der Waals surface area contributed by atoms with E-state index >= 15 is 0 Å². The molecular formula is C22H29N3O. The Bertz CT molecular complexity index is 694. The van der Waals surface area contributed by atoms with Crippen LogP contribution in [0.3, 0.4) is 0 Å². The summed E-state index contributed by atoms with van der Waals surface area (Å²) in [6.07, 6.45) is 5.66. The van der Waals surface area contributed by atoms with E-state index in [1.54, 1.807) is 0 Å². The maximum Gasteiger partial charge on any atom is 0.229 e. The van der Waals surface area contributed by atoms with Crippen molar-refractivity contribution in [3.05, 3.63) is 60.2 Å². The zero-order chi connectivity index (χ0) is 18.2. The number of carbonyl (C=O) groups excluding carboxylic acids is 1. The summed E-state index contributed by atoms with van der Waals surface area (Å²) in [6.45, 7) is 2.45. The van der Waals surface area contributed by atoms with Gasteiger partial charge >= 0.3 is 0 Å². The molecule has 1 aliphatic rings. The molecular weight excluding hydrogens is 322 g/mol. The first-order chi connectivity index (χ1) is 12.8. The highest BCUT2D eigenvalue weighted by molar-refractivity contribution is 5.96. The second kappa shape index (κ2) is 9.39. The van der Waals surface area contributed by atoms with Gasteiger partial charge < -0.3 is 16.0 Å². The van der Waals surface area contributed by atoms with Crippen LogP contribution in [0.25, 0.3) is 0 Å². The fourth-order valence-electron chi connectivity index (χ4n) is 3.58. The molecule has 0 aromatic heterocycles. The molecule has 1 aliphatic heterocycles. The molecule has 0 radical (unpaired) electrons. The van der Waals surface area contributed by atoms with Gasteiger partial charge in [-0.1, -0.05) is 55.3 Å². The average Bonchev–Trinajstić information content (AvgIpc) is 2.96. The van der Waals surface area contributed by atoms with E-state index in [9.17, 15) is 4.79 Å². The first-order valence-corrected chi connectivity index (χ1v) is 9.67. The monoisotopic (exact) mass is 351 g/mol. The van der Waals surface area contributed by atoms with E-state index < -0.39 is 0 Å². The van der Waals surface area contributed by atoms with E-state index in [-0.39, 0.29) is 11.8 Å². The molecule has 4 nitrogen and oxygen atoms in total. The normalized spacial score (nSPS) is 16.0. The van der Waals surface area contributed by atoms with Crippen molar-refractivity contribution in [1.29, 1.82) is 0 Å². The van der Waals surface area contributed by atoms with Crippen molar-refractivity contribution in [3.63, 3.8) is 0 Å². The van der Waals surface area contributed by atoms with Gasteiger partial charge in [0.2, 0.25) is 5.91 Å². The maximum atomic E-state index is 12.8. The third kappa shape index (κ3) is 4.85. The molecule has 0 spiro atoms. The van der Waals surface area contributed by atoms with Crippen molar-refractivity contribution in [3.8, 4) is 0 Å². The van der Waals surface area contributed by atoms with Crippen molar-refractivity contribution >= 4 is 17.3 Å². The highest BCUT2D eigenvalue weighted by atomic mass is 16.1. The molecule has 3 rings (SSSR count). The Balaban J connectivity index is 1.71. The Morgan fingerprint density at radius 3 is 2.31 bits per heavy atom. The molecule has 1 fully saturated rings. The first kappa shape index (κ1) is 18.5. The Labute approximate surface area is 156 Å². The summed E-state index contributed by atoms with van der Waals surface area (Å²) in [5, 5.41) is 3.14. The number of nitrogens with one attached hydrogen (secondary N) is 1. The predicted molar refractivity (Wildman–Crippen MR) is 108 cm³/mol. The molecule has 138 valence electrons. The molecule has 2 aromatic carbocycles. The number of carbonyl (C=O) groups is 1. The lowest BCUT2D eigenvalue weighted by Gasteiger charge is -2.26. The fraction of sp³-hybridized carbons (Fsp3) is 0.409. The number of hydrogen-bond acceptors (Lipinski definition) is 3. The summed E-state index contributed by atoms with van der Waals surface area (Å²) in [5.74, 6) is -0.229. The van der Waals surface area contributed by atoms with Crippen LogP contribution in [0, 0.1) is 5.92 Å².